The second kappa shape index (κ2) is 7.14. The average molecular weight is 353 g/mol. The molecule has 7 heteroatoms. The van der Waals surface area contributed by atoms with Crippen LogP contribution in [0.15, 0.2) is 42.3 Å². The van der Waals surface area contributed by atoms with E-state index < -0.39 is 0 Å². The summed E-state index contributed by atoms with van der Waals surface area (Å²) in [6.07, 6.45) is 9.99. The fraction of sp³-hybridized carbons (Fsp3) is 0.333. The van der Waals surface area contributed by atoms with Gasteiger partial charge in [-0.25, -0.2) is 9.97 Å². The van der Waals surface area contributed by atoms with Gasteiger partial charge < -0.3 is 9.88 Å². The first kappa shape index (κ1) is 16.0. The van der Waals surface area contributed by atoms with Crippen LogP contribution in [0.25, 0.3) is 11.5 Å². The summed E-state index contributed by atoms with van der Waals surface area (Å²) in [5.41, 5.74) is 1.70. The van der Waals surface area contributed by atoms with Crippen molar-refractivity contribution < 1.29 is 4.79 Å². The Kier molecular flexibility index (Phi) is 4.56. The van der Waals surface area contributed by atoms with Gasteiger partial charge in [0, 0.05) is 31.7 Å². The van der Waals surface area contributed by atoms with Gasteiger partial charge in [-0.1, -0.05) is 6.07 Å². The van der Waals surface area contributed by atoms with Gasteiger partial charge >= 0.3 is 0 Å². The number of aromatic nitrogens is 4. The maximum Gasteiger partial charge on any atom is 0.263 e. The summed E-state index contributed by atoms with van der Waals surface area (Å²) in [5, 5.41) is 1.95. The molecule has 6 nitrogen and oxygen atoms in total. The molecule has 3 aromatic heterocycles. The Morgan fingerprint density at radius 1 is 1.40 bits per heavy atom. The Labute approximate surface area is 150 Å². The molecule has 1 atom stereocenters. The van der Waals surface area contributed by atoms with Crippen molar-refractivity contribution in [3.05, 3.63) is 52.9 Å². The number of nitrogens with zero attached hydrogens (tertiary/aromatic N) is 4. The number of imidazole rings is 1. The van der Waals surface area contributed by atoms with E-state index in [1.165, 1.54) is 11.3 Å². The number of aromatic amines is 1. The van der Waals surface area contributed by atoms with E-state index in [0.29, 0.717) is 5.92 Å². The molecular formula is C18H19N5OS. The van der Waals surface area contributed by atoms with Gasteiger partial charge in [-0.15, -0.1) is 11.3 Å². The van der Waals surface area contributed by atoms with Gasteiger partial charge in [0.1, 0.15) is 5.69 Å². The first-order valence-corrected chi connectivity index (χ1v) is 9.31. The third kappa shape index (κ3) is 3.61. The Morgan fingerprint density at radius 3 is 3.16 bits per heavy atom. The second-order valence-corrected chi connectivity index (χ2v) is 7.22. The van der Waals surface area contributed by atoms with Crippen LogP contribution in [0.1, 0.15) is 28.2 Å². The Bertz CT molecular complexity index is 831. The fourth-order valence-corrected chi connectivity index (χ4v) is 3.98. The number of hydrogen-bond donors (Lipinski definition) is 1. The molecule has 1 aliphatic heterocycles. The van der Waals surface area contributed by atoms with Crippen LogP contribution in [-0.2, 0) is 6.42 Å². The van der Waals surface area contributed by atoms with E-state index in [-0.39, 0.29) is 5.91 Å². The van der Waals surface area contributed by atoms with Crippen LogP contribution >= 0.6 is 11.3 Å². The summed E-state index contributed by atoms with van der Waals surface area (Å²) >= 11 is 1.51. The van der Waals surface area contributed by atoms with Crippen LogP contribution in [0.3, 0.4) is 0 Å². The van der Waals surface area contributed by atoms with Crippen LogP contribution in [0, 0.1) is 5.92 Å². The van der Waals surface area contributed by atoms with E-state index in [1.54, 1.807) is 18.6 Å². The fourth-order valence-electron chi connectivity index (χ4n) is 3.29. The van der Waals surface area contributed by atoms with Crippen LogP contribution in [0.5, 0.6) is 0 Å². The summed E-state index contributed by atoms with van der Waals surface area (Å²) in [7, 11) is 0. The number of H-pyrrole nitrogens is 1. The standard InChI is InChI=1S/C18H19N5OS/c24-18(16-4-2-8-25-16)23-7-1-3-13(12-23)9-14-10-19-11-15(22-14)17-20-5-6-21-17/h2,4-6,8,10-11,13H,1,3,7,9,12H2,(H,20,21)/t13-/m0/s1. The van der Waals surface area contributed by atoms with Crippen LogP contribution < -0.4 is 0 Å². The van der Waals surface area contributed by atoms with E-state index in [2.05, 4.69) is 19.9 Å². The molecule has 128 valence electrons. The highest BCUT2D eigenvalue weighted by Gasteiger charge is 2.25. The summed E-state index contributed by atoms with van der Waals surface area (Å²) in [6, 6.07) is 3.82. The quantitative estimate of drug-likeness (QED) is 0.782. The molecule has 0 unspecified atom stereocenters. The molecule has 0 aromatic carbocycles. The van der Waals surface area contributed by atoms with E-state index >= 15 is 0 Å². The number of carbonyl (C=O) groups excluding carboxylic acids is 1. The smallest absolute Gasteiger partial charge is 0.263 e. The van der Waals surface area contributed by atoms with E-state index in [4.69, 9.17) is 0 Å². The summed E-state index contributed by atoms with van der Waals surface area (Å²) in [6.45, 7) is 1.62. The van der Waals surface area contributed by atoms with Crippen molar-refractivity contribution in [2.45, 2.75) is 19.3 Å². The third-order valence-corrected chi connectivity index (χ3v) is 5.32. The molecule has 1 amide bonds. The molecule has 1 aliphatic rings. The largest absolute Gasteiger partial charge is 0.343 e. The molecule has 0 saturated carbocycles. The third-order valence-electron chi connectivity index (χ3n) is 4.46. The van der Waals surface area contributed by atoms with Crippen molar-refractivity contribution in [1.29, 1.82) is 0 Å². The van der Waals surface area contributed by atoms with Crippen LogP contribution in [0.4, 0.5) is 0 Å². The number of piperidine rings is 1. The number of hydrogen-bond acceptors (Lipinski definition) is 5. The SMILES string of the molecule is O=C(c1cccs1)N1CCC[C@@H](Cc2cncc(-c3ncc[nH]3)n2)C1. The number of likely N-dealkylation sites (tertiary alicyclic amines) is 1. The lowest BCUT2D eigenvalue weighted by Crippen LogP contribution is -2.40. The minimum Gasteiger partial charge on any atom is -0.343 e. The number of thiophene rings is 1. The zero-order valence-electron chi connectivity index (χ0n) is 13.8. The predicted molar refractivity (Wildman–Crippen MR) is 96.3 cm³/mol. The topological polar surface area (TPSA) is 74.8 Å². The molecule has 0 aliphatic carbocycles. The molecule has 25 heavy (non-hydrogen) atoms. The van der Waals surface area contributed by atoms with Gasteiger partial charge in [-0.3, -0.25) is 9.78 Å². The average Bonchev–Trinajstić information content (AvgIpc) is 3.35. The normalized spacial score (nSPS) is 17.6. The lowest BCUT2D eigenvalue weighted by molar-refractivity contribution is 0.0677. The number of rotatable bonds is 4. The molecule has 0 bridgehead atoms. The number of amides is 1. The predicted octanol–water partition coefficient (Wildman–Crippen LogP) is 3.02. The Balaban J connectivity index is 1.44. The van der Waals surface area contributed by atoms with Gasteiger partial charge in [0.05, 0.1) is 16.8 Å². The van der Waals surface area contributed by atoms with Crippen LogP contribution in [-0.4, -0.2) is 43.8 Å². The molecule has 4 rings (SSSR count). The maximum atomic E-state index is 12.6. The Hall–Kier alpha value is -2.54. The van der Waals surface area contributed by atoms with E-state index in [1.807, 2.05) is 28.6 Å². The Morgan fingerprint density at radius 2 is 2.36 bits per heavy atom. The number of nitrogens with one attached hydrogen (secondary N) is 1. The van der Waals surface area contributed by atoms with E-state index in [0.717, 1.165) is 54.4 Å². The van der Waals surface area contributed by atoms with Crippen molar-refractivity contribution in [1.82, 2.24) is 24.8 Å². The van der Waals surface area contributed by atoms with Crippen molar-refractivity contribution in [3.63, 3.8) is 0 Å². The van der Waals surface area contributed by atoms with Crippen molar-refractivity contribution in [2.75, 3.05) is 13.1 Å². The molecule has 1 N–H and O–H groups in total. The van der Waals surface area contributed by atoms with E-state index in [9.17, 15) is 4.79 Å². The van der Waals surface area contributed by atoms with Crippen LogP contribution in [0.2, 0.25) is 0 Å². The van der Waals surface area contributed by atoms with Gasteiger partial charge in [0.25, 0.3) is 5.91 Å². The summed E-state index contributed by atoms with van der Waals surface area (Å²) in [4.78, 5) is 31.6. The molecule has 0 radical (unpaired) electrons. The highest BCUT2D eigenvalue weighted by atomic mass is 32.1. The first-order chi connectivity index (χ1) is 12.3. The summed E-state index contributed by atoms with van der Waals surface area (Å²) < 4.78 is 0. The summed E-state index contributed by atoms with van der Waals surface area (Å²) in [5.74, 6) is 1.29. The molecule has 1 saturated heterocycles. The van der Waals surface area contributed by atoms with Gasteiger partial charge in [-0.2, -0.15) is 0 Å². The second-order valence-electron chi connectivity index (χ2n) is 6.27. The zero-order valence-corrected chi connectivity index (χ0v) is 14.6. The van der Waals surface area contributed by atoms with Crippen molar-refractivity contribution in [2.24, 2.45) is 5.92 Å². The molecule has 0 spiro atoms. The van der Waals surface area contributed by atoms with Crippen molar-refractivity contribution in [3.8, 4) is 11.5 Å². The highest BCUT2D eigenvalue weighted by Crippen LogP contribution is 2.23. The van der Waals surface area contributed by atoms with Gasteiger partial charge in [-0.05, 0) is 36.6 Å². The molecule has 4 heterocycles. The molecular weight excluding hydrogens is 334 g/mol. The monoisotopic (exact) mass is 353 g/mol. The van der Waals surface area contributed by atoms with Gasteiger partial charge in [0.2, 0.25) is 0 Å². The highest BCUT2D eigenvalue weighted by molar-refractivity contribution is 7.12. The van der Waals surface area contributed by atoms with Gasteiger partial charge in [0.15, 0.2) is 5.82 Å². The van der Waals surface area contributed by atoms with Crippen molar-refractivity contribution >= 4 is 17.2 Å². The minimum absolute atomic E-state index is 0.148. The molecule has 1 fully saturated rings. The first-order valence-electron chi connectivity index (χ1n) is 8.43. The lowest BCUT2D eigenvalue weighted by Gasteiger charge is -2.32. The lowest BCUT2D eigenvalue weighted by atomic mass is 9.93. The maximum absolute atomic E-state index is 12.6. The molecule has 3 aromatic rings. The zero-order chi connectivity index (χ0) is 17.1. The minimum atomic E-state index is 0.148. The number of carbonyl (C=O) groups is 1.